The fraction of sp³-hybridized carbons (Fsp3) is 0.714. The van der Waals surface area contributed by atoms with Crippen molar-refractivity contribution in [1.82, 2.24) is 9.97 Å². The average Bonchev–Trinajstić information content (AvgIpc) is 2.37. The maximum Gasteiger partial charge on any atom is 0.145 e. The molecule has 0 radical (unpaired) electrons. The number of anilines is 2. The number of nitrogens with two attached hydrogens (primary N) is 1. The summed E-state index contributed by atoms with van der Waals surface area (Å²) in [7, 11) is 1.70. The van der Waals surface area contributed by atoms with Crippen LogP contribution in [0.1, 0.15) is 40.4 Å². The smallest absolute Gasteiger partial charge is 0.145 e. The average molecular weight is 281 g/mol. The van der Waals surface area contributed by atoms with Gasteiger partial charge >= 0.3 is 0 Å². The number of methoxy groups -OCH3 is 1. The first kappa shape index (κ1) is 16.7. The molecule has 0 bridgehead atoms. The highest BCUT2D eigenvalue weighted by atomic mass is 16.5. The Kier molecular flexibility index (Phi) is 5.71. The summed E-state index contributed by atoms with van der Waals surface area (Å²) in [4.78, 5) is 11.3. The molecule has 114 valence electrons. The number of hydrazine groups is 1. The third kappa shape index (κ3) is 4.31. The normalized spacial score (nSPS) is 11.8. The first-order valence-electron chi connectivity index (χ1n) is 6.91. The van der Waals surface area contributed by atoms with Crippen LogP contribution in [0.5, 0.6) is 0 Å². The van der Waals surface area contributed by atoms with Gasteiger partial charge in [-0.2, -0.15) is 0 Å². The van der Waals surface area contributed by atoms with E-state index in [9.17, 15) is 0 Å². The Labute approximate surface area is 121 Å². The second-order valence-corrected chi connectivity index (χ2v) is 6.11. The SMILES string of the molecule is COCCN(c1cc(NN)nc(C(C)(C)C)n1)C(C)C. The van der Waals surface area contributed by atoms with Gasteiger partial charge in [0.25, 0.3) is 0 Å². The van der Waals surface area contributed by atoms with Crippen LogP contribution in [0.15, 0.2) is 6.07 Å². The van der Waals surface area contributed by atoms with Gasteiger partial charge in [-0.1, -0.05) is 20.8 Å². The van der Waals surface area contributed by atoms with Crippen molar-refractivity contribution in [3.05, 3.63) is 11.9 Å². The number of nitrogens with one attached hydrogen (secondary N) is 1. The van der Waals surface area contributed by atoms with E-state index in [-0.39, 0.29) is 5.41 Å². The Morgan fingerprint density at radius 3 is 2.45 bits per heavy atom. The van der Waals surface area contributed by atoms with Crippen molar-refractivity contribution >= 4 is 11.6 Å². The minimum atomic E-state index is -0.133. The Hall–Kier alpha value is -1.40. The van der Waals surface area contributed by atoms with Gasteiger partial charge in [0.05, 0.1) is 6.61 Å². The molecule has 0 fully saturated rings. The largest absolute Gasteiger partial charge is 0.383 e. The molecule has 1 aromatic rings. The Bertz CT molecular complexity index is 428. The van der Waals surface area contributed by atoms with Gasteiger partial charge < -0.3 is 15.1 Å². The minimum absolute atomic E-state index is 0.133. The van der Waals surface area contributed by atoms with Crippen LogP contribution in [0.2, 0.25) is 0 Å². The second kappa shape index (κ2) is 6.85. The summed E-state index contributed by atoms with van der Waals surface area (Å²) in [6.45, 7) is 11.9. The van der Waals surface area contributed by atoms with Crippen LogP contribution in [0.25, 0.3) is 0 Å². The van der Waals surface area contributed by atoms with Gasteiger partial charge in [-0.25, -0.2) is 15.8 Å². The van der Waals surface area contributed by atoms with Crippen molar-refractivity contribution in [1.29, 1.82) is 0 Å². The van der Waals surface area contributed by atoms with Crippen LogP contribution in [0.4, 0.5) is 11.6 Å². The monoisotopic (exact) mass is 281 g/mol. The zero-order valence-electron chi connectivity index (χ0n) is 13.4. The first-order chi connectivity index (χ1) is 9.29. The van der Waals surface area contributed by atoms with Crippen molar-refractivity contribution in [3.63, 3.8) is 0 Å². The van der Waals surface area contributed by atoms with E-state index in [0.29, 0.717) is 18.5 Å². The highest BCUT2D eigenvalue weighted by Gasteiger charge is 2.21. The van der Waals surface area contributed by atoms with Gasteiger partial charge in [0.15, 0.2) is 0 Å². The van der Waals surface area contributed by atoms with Crippen LogP contribution < -0.4 is 16.2 Å². The molecule has 0 amide bonds. The summed E-state index contributed by atoms with van der Waals surface area (Å²) in [5.41, 5.74) is 2.49. The topological polar surface area (TPSA) is 76.3 Å². The van der Waals surface area contributed by atoms with Gasteiger partial charge in [0, 0.05) is 31.2 Å². The van der Waals surface area contributed by atoms with Crippen LogP contribution in [-0.2, 0) is 10.2 Å². The summed E-state index contributed by atoms with van der Waals surface area (Å²) in [5, 5.41) is 0. The Morgan fingerprint density at radius 1 is 1.35 bits per heavy atom. The summed E-state index contributed by atoms with van der Waals surface area (Å²) >= 11 is 0. The lowest BCUT2D eigenvalue weighted by Crippen LogP contribution is -2.35. The molecule has 0 unspecified atom stereocenters. The molecule has 0 saturated heterocycles. The molecule has 1 aromatic heterocycles. The Balaban J connectivity index is 3.19. The lowest BCUT2D eigenvalue weighted by molar-refractivity contribution is 0.203. The zero-order chi connectivity index (χ0) is 15.3. The van der Waals surface area contributed by atoms with Crippen molar-refractivity contribution in [2.45, 2.75) is 46.1 Å². The highest BCUT2D eigenvalue weighted by molar-refractivity contribution is 5.50. The molecule has 0 spiro atoms. The van der Waals surface area contributed by atoms with Gasteiger partial charge in [-0.15, -0.1) is 0 Å². The predicted octanol–water partition coefficient (Wildman–Crippen LogP) is 1.92. The quantitative estimate of drug-likeness (QED) is 0.613. The van der Waals surface area contributed by atoms with E-state index in [1.54, 1.807) is 7.11 Å². The molecular weight excluding hydrogens is 254 g/mol. The Morgan fingerprint density at radius 2 is 2.00 bits per heavy atom. The lowest BCUT2D eigenvalue weighted by Gasteiger charge is -2.29. The van der Waals surface area contributed by atoms with E-state index in [1.165, 1.54) is 0 Å². The van der Waals surface area contributed by atoms with E-state index in [2.05, 4.69) is 49.9 Å². The minimum Gasteiger partial charge on any atom is -0.383 e. The molecule has 6 nitrogen and oxygen atoms in total. The fourth-order valence-corrected chi connectivity index (χ4v) is 1.82. The number of nitrogen functional groups attached to an aromatic ring is 1. The maximum atomic E-state index is 5.52. The number of hydrogen-bond acceptors (Lipinski definition) is 6. The van der Waals surface area contributed by atoms with Gasteiger partial charge in [0.1, 0.15) is 17.5 Å². The van der Waals surface area contributed by atoms with Crippen LogP contribution in [0.3, 0.4) is 0 Å². The number of aromatic nitrogens is 2. The van der Waals surface area contributed by atoms with E-state index in [4.69, 9.17) is 15.6 Å². The summed E-state index contributed by atoms with van der Waals surface area (Å²) in [6.07, 6.45) is 0. The van der Waals surface area contributed by atoms with Crippen LogP contribution >= 0.6 is 0 Å². The first-order valence-corrected chi connectivity index (χ1v) is 6.91. The van der Waals surface area contributed by atoms with E-state index in [0.717, 1.165) is 18.2 Å². The van der Waals surface area contributed by atoms with Crippen molar-refractivity contribution in [2.75, 3.05) is 30.6 Å². The molecule has 20 heavy (non-hydrogen) atoms. The summed E-state index contributed by atoms with van der Waals surface area (Å²) in [6, 6.07) is 2.18. The molecular formula is C14H27N5O. The van der Waals surface area contributed by atoms with E-state index >= 15 is 0 Å². The zero-order valence-corrected chi connectivity index (χ0v) is 13.4. The van der Waals surface area contributed by atoms with E-state index in [1.807, 2.05) is 6.07 Å². The molecule has 1 heterocycles. The molecule has 6 heteroatoms. The van der Waals surface area contributed by atoms with Crippen LogP contribution in [0, 0.1) is 0 Å². The third-order valence-electron chi connectivity index (χ3n) is 2.99. The van der Waals surface area contributed by atoms with Crippen molar-refractivity contribution < 1.29 is 4.74 Å². The van der Waals surface area contributed by atoms with Crippen molar-refractivity contribution in [3.8, 4) is 0 Å². The predicted molar refractivity (Wildman–Crippen MR) is 82.9 cm³/mol. The third-order valence-corrected chi connectivity index (χ3v) is 2.99. The van der Waals surface area contributed by atoms with E-state index < -0.39 is 0 Å². The summed E-state index contributed by atoms with van der Waals surface area (Å²) in [5.74, 6) is 7.79. The molecule has 0 atom stereocenters. The maximum absolute atomic E-state index is 5.52. The molecule has 0 saturated carbocycles. The highest BCUT2D eigenvalue weighted by Crippen LogP contribution is 2.24. The second-order valence-electron chi connectivity index (χ2n) is 6.11. The molecule has 0 aliphatic heterocycles. The fourth-order valence-electron chi connectivity index (χ4n) is 1.82. The van der Waals surface area contributed by atoms with Gasteiger partial charge in [-0.3, -0.25) is 0 Å². The lowest BCUT2D eigenvalue weighted by atomic mass is 9.96. The van der Waals surface area contributed by atoms with Gasteiger partial charge in [0.2, 0.25) is 0 Å². The van der Waals surface area contributed by atoms with Crippen molar-refractivity contribution in [2.24, 2.45) is 5.84 Å². The molecule has 3 N–H and O–H groups in total. The number of rotatable bonds is 6. The van der Waals surface area contributed by atoms with Crippen LogP contribution in [-0.4, -0.2) is 36.3 Å². The number of hydrogen-bond donors (Lipinski definition) is 2. The number of ether oxygens (including phenoxy) is 1. The molecule has 1 rings (SSSR count). The molecule has 0 aliphatic rings. The molecule has 0 aliphatic carbocycles. The number of nitrogens with zero attached hydrogens (tertiary/aromatic N) is 3. The standard InChI is InChI=1S/C14H27N5O/c1-10(2)19(7-8-20-6)12-9-11(18-15)16-13(17-12)14(3,4)5/h9-10H,7-8,15H2,1-6H3,(H,16,17,18). The summed E-state index contributed by atoms with van der Waals surface area (Å²) < 4.78 is 5.17. The van der Waals surface area contributed by atoms with Gasteiger partial charge in [-0.05, 0) is 13.8 Å². The molecule has 0 aromatic carbocycles.